The van der Waals surface area contributed by atoms with E-state index in [4.69, 9.17) is 0 Å². The van der Waals surface area contributed by atoms with Crippen molar-refractivity contribution in [1.29, 1.82) is 0 Å². The summed E-state index contributed by atoms with van der Waals surface area (Å²) in [5.74, 6) is 1.47. The van der Waals surface area contributed by atoms with Gasteiger partial charge in [-0.05, 0) is 45.6 Å². The van der Waals surface area contributed by atoms with Gasteiger partial charge in [-0.3, -0.25) is 9.69 Å². The SMILES string of the molecule is CCn1cnnc1CN1CC[C@@]2(CCCN(C3CCCCC3)C2=O)C1. The molecule has 0 unspecified atom stereocenters. The summed E-state index contributed by atoms with van der Waals surface area (Å²) in [6, 6.07) is 0.510. The first-order valence-corrected chi connectivity index (χ1v) is 10.1. The van der Waals surface area contributed by atoms with Gasteiger partial charge in [-0.25, -0.2) is 0 Å². The Bertz CT molecular complexity index is 609. The number of carbonyl (C=O) groups is 1. The zero-order valence-electron chi connectivity index (χ0n) is 15.5. The highest BCUT2D eigenvalue weighted by atomic mass is 16.2. The fourth-order valence-electron chi connectivity index (χ4n) is 5.18. The normalized spacial score (nSPS) is 29.0. The molecule has 0 bridgehead atoms. The van der Waals surface area contributed by atoms with Crippen LogP contribution in [-0.4, -0.2) is 56.1 Å². The van der Waals surface area contributed by atoms with Gasteiger partial charge in [0.1, 0.15) is 12.2 Å². The standard InChI is InChI=1S/C19H31N5O/c1-2-23-15-20-21-17(23)13-22-12-10-19(14-22)9-6-11-24(18(19)25)16-7-4-3-5-8-16/h15-16H,2-14H2,1H3/t19-/m0/s1. The molecule has 0 N–H and O–H groups in total. The van der Waals surface area contributed by atoms with E-state index in [2.05, 4.69) is 31.5 Å². The van der Waals surface area contributed by atoms with E-state index in [-0.39, 0.29) is 5.41 Å². The van der Waals surface area contributed by atoms with Gasteiger partial charge >= 0.3 is 0 Å². The van der Waals surface area contributed by atoms with Crippen molar-refractivity contribution >= 4 is 5.91 Å². The third-order valence-corrected chi connectivity index (χ3v) is 6.62. The van der Waals surface area contributed by atoms with Crippen molar-refractivity contribution in [2.24, 2.45) is 5.41 Å². The number of nitrogens with zero attached hydrogens (tertiary/aromatic N) is 5. The molecule has 1 aromatic rings. The van der Waals surface area contributed by atoms with Crippen LogP contribution in [0.4, 0.5) is 0 Å². The van der Waals surface area contributed by atoms with Crippen LogP contribution in [0.15, 0.2) is 6.33 Å². The maximum atomic E-state index is 13.4. The number of rotatable bonds is 4. The van der Waals surface area contributed by atoms with Gasteiger partial charge in [0.25, 0.3) is 0 Å². The summed E-state index contributed by atoms with van der Waals surface area (Å²) in [5, 5.41) is 8.31. The molecule has 1 atom stereocenters. The maximum absolute atomic E-state index is 13.4. The van der Waals surface area contributed by atoms with Crippen LogP contribution in [-0.2, 0) is 17.9 Å². The largest absolute Gasteiger partial charge is 0.339 e. The summed E-state index contributed by atoms with van der Waals surface area (Å²) < 4.78 is 2.10. The molecule has 0 radical (unpaired) electrons. The maximum Gasteiger partial charge on any atom is 0.230 e. The minimum Gasteiger partial charge on any atom is -0.339 e. The number of aryl methyl sites for hydroxylation is 1. The summed E-state index contributed by atoms with van der Waals surface area (Å²) in [4.78, 5) is 18.1. The van der Waals surface area contributed by atoms with Gasteiger partial charge in [0.2, 0.25) is 5.91 Å². The van der Waals surface area contributed by atoms with Gasteiger partial charge in [-0.2, -0.15) is 0 Å². The molecule has 0 aromatic carbocycles. The van der Waals surface area contributed by atoms with E-state index in [0.29, 0.717) is 11.9 Å². The smallest absolute Gasteiger partial charge is 0.230 e. The van der Waals surface area contributed by atoms with Crippen LogP contribution in [0.1, 0.15) is 64.1 Å². The lowest BCUT2D eigenvalue weighted by Gasteiger charge is -2.44. The Morgan fingerprint density at radius 2 is 2.00 bits per heavy atom. The predicted molar refractivity (Wildman–Crippen MR) is 95.8 cm³/mol. The number of hydrogen-bond donors (Lipinski definition) is 0. The molecule has 6 heteroatoms. The van der Waals surface area contributed by atoms with Crippen molar-refractivity contribution in [2.75, 3.05) is 19.6 Å². The lowest BCUT2D eigenvalue weighted by Crippen LogP contribution is -2.54. The molecule has 25 heavy (non-hydrogen) atoms. The third kappa shape index (κ3) is 3.21. The van der Waals surface area contributed by atoms with E-state index in [9.17, 15) is 4.79 Å². The highest BCUT2D eigenvalue weighted by molar-refractivity contribution is 5.84. The topological polar surface area (TPSA) is 54.3 Å². The summed E-state index contributed by atoms with van der Waals surface area (Å²) >= 11 is 0. The number of carbonyl (C=O) groups excluding carboxylic acids is 1. The highest BCUT2D eigenvalue weighted by Crippen LogP contribution is 2.42. The van der Waals surface area contributed by atoms with Gasteiger partial charge in [-0.1, -0.05) is 19.3 Å². The monoisotopic (exact) mass is 345 g/mol. The number of amides is 1. The van der Waals surface area contributed by atoms with Gasteiger partial charge < -0.3 is 9.47 Å². The minimum atomic E-state index is -0.132. The Morgan fingerprint density at radius 3 is 2.80 bits per heavy atom. The van der Waals surface area contributed by atoms with Crippen molar-refractivity contribution in [3.05, 3.63) is 12.2 Å². The van der Waals surface area contributed by atoms with Crippen molar-refractivity contribution in [3.8, 4) is 0 Å². The molecular formula is C19H31N5O. The molecule has 3 fully saturated rings. The van der Waals surface area contributed by atoms with Crippen LogP contribution in [0.3, 0.4) is 0 Å². The minimum absolute atomic E-state index is 0.132. The van der Waals surface area contributed by atoms with E-state index in [1.165, 1.54) is 38.5 Å². The predicted octanol–water partition coefficient (Wildman–Crippen LogP) is 2.45. The molecule has 4 rings (SSSR count). The Labute approximate surface area is 150 Å². The Kier molecular flexibility index (Phi) is 4.80. The van der Waals surface area contributed by atoms with Crippen LogP contribution in [0.5, 0.6) is 0 Å². The van der Waals surface area contributed by atoms with Crippen molar-refractivity contribution in [3.63, 3.8) is 0 Å². The second-order valence-electron chi connectivity index (χ2n) is 8.17. The summed E-state index contributed by atoms with van der Waals surface area (Å²) in [5.41, 5.74) is -0.132. The van der Waals surface area contributed by atoms with Crippen molar-refractivity contribution in [2.45, 2.75) is 77.4 Å². The molecule has 2 aliphatic heterocycles. The average molecular weight is 345 g/mol. The molecule has 3 heterocycles. The van der Waals surface area contributed by atoms with Crippen molar-refractivity contribution in [1.82, 2.24) is 24.6 Å². The third-order valence-electron chi connectivity index (χ3n) is 6.62. The number of hydrogen-bond acceptors (Lipinski definition) is 4. The number of piperidine rings is 1. The fourth-order valence-corrected chi connectivity index (χ4v) is 5.18. The Hall–Kier alpha value is -1.43. The first-order valence-electron chi connectivity index (χ1n) is 10.1. The summed E-state index contributed by atoms with van der Waals surface area (Å²) in [6.07, 6.45) is 11.4. The van der Waals surface area contributed by atoms with Gasteiger partial charge in [0, 0.05) is 25.7 Å². The summed E-state index contributed by atoms with van der Waals surface area (Å²) in [7, 11) is 0. The van der Waals surface area contributed by atoms with Crippen molar-refractivity contribution < 1.29 is 4.79 Å². The molecular weight excluding hydrogens is 314 g/mol. The van der Waals surface area contributed by atoms with Gasteiger partial charge in [0.05, 0.1) is 12.0 Å². The molecule has 1 amide bonds. The average Bonchev–Trinajstić information content (AvgIpc) is 3.26. The molecule has 3 aliphatic rings. The molecule has 138 valence electrons. The molecule has 1 saturated carbocycles. The summed E-state index contributed by atoms with van der Waals surface area (Å²) in [6.45, 7) is 6.70. The quantitative estimate of drug-likeness (QED) is 0.841. The van der Waals surface area contributed by atoms with E-state index in [1.54, 1.807) is 6.33 Å². The molecule has 6 nitrogen and oxygen atoms in total. The van der Waals surface area contributed by atoms with E-state index >= 15 is 0 Å². The fraction of sp³-hybridized carbons (Fsp3) is 0.842. The van der Waals surface area contributed by atoms with E-state index in [1.807, 2.05) is 0 Å². The molecule has 1 aromatic heterocycles. The second-order valence-corrected chi connectivity index (χ2v) is 8.17. The van der Waals surface area contributed by atoms with Crippen LogP contribution < -0.4 is 0 Å². The molecule has 1 aliphatic carbocycles. The Balaban J connectivity index is 1.44. The number of aromatic nitrogens is 3. The molecule has 1 spiro atoms. The van der Waals surface area contributed by atoms with E-state index in [0.717, 1.165) is 51.4 Å². The van der Waals surface area contributed by atoms with Crippen LogP contribution in [0.2, 0.25) is 0 Å². The van der Waals surface area contributed by atoms with Gasteiger partial charge in [-0.15, -0.1) is 10.2 Å². The first-order chi connectivity index (χ1) is 12.2. The van der Waals surface area contributed by atoms with Crippen LogP contribution in [0.25, 0.3) is 0 Å². The zero-order chi connectivity index (χ0) is 17.3. The first kappa shape index (κ1) is 17.0. The lowest BCUT2D eigenvalue weighted by atomic mass is 9.77. The van der Waals surface area contributed by atoms with Crippen LogP contribution in [0, 0.1) is 5.41 Å². The Morgan fingerprint density at radius 1 is 1.16 bits per heavy atom. The lowest BCUT2D eigenvalue weighted by molar-refractivity contribution is -0.149. The molecule has 2 saturated heterocycles. The highest BCUT2D eigenvalue weighted by Gasteiger charge is 2.49. The van der Waals surface area contributed by atoms with Crippen LogP contribution >= 0.6 is 0 Å². The van der Waals surface area contributed by atoms with E-state index < -0.39 is 0 Å². The zero-order valence-corrected chi connectivity index (χ0v) is 15.5. The van der Waals surface area contributed by atoms with Gasteiger partial charge in [0.15, 0.2) is 0 Å². The second kappa shape index (κ2) is 7.06. The number of likely N-dealkylation sites (tertiary alicyclic amines) is 2.